The fourth-order valence-electron chi connectivity index (χ4n) is 1.26. The molecule has 68 valence electrons. The van der Waals surface area contributed by atoms with Crippen molar-refractivity contribution in [2.45, 2.75) is 26.7 Å². The first-order valence-electron chi connectivity index (χ1n) is 4.41. The second-order valence-corrected chi connectivity index (χ2v) is 3.45. The molecular weight excluding hydrogens is 164 g/mol. The molecule has 0 aliphatic heterocycles. The van der Waals surface area contributed by atoms with Crippen LogP contribution in [0.2, 0.25) is 0 Å². The highest BCUT2D eigenvalue weighted by Crippen LogP contribution is 2.17. The lowest BCUT2D eigenvalue weighted by Gasteiger charge is -2.01. The van der Waals surface area contributed by atoms with Crippen molar-refractivity contribution in [2.24, 2.45) is 0 Å². The summed E-state index contributed by atoms with van der Waals surface area (Å²) in [7, 11) is 0. The number of nitrogens with zero attached hydrogens (tertiary/aromatic N) is 2. The van der Waals surface area contributed by atoms with Gasteiger partial charge in [0.05, 0.1) is 0 Å². The molecule has 0 saturated heterocycles. The minimum Gasteiger partial charge on any atom is -0.439 e. The molecule has 2 aromatic heterocycles. The summed E-state index contributed by atoms with van der Waals surface area (Å²) in [5.41, 5.74) is 2.53. The largest absolute Gasteiger partial charge is 0.439 e. The van der Waals surface area contributed by atoms with Crippen LogP contribution >= 0.6 is 0 Å². The molecule has 13 heavy (non-hydrogen) atoms. The summed E-state index contributed by atoms with van der Waals surface area (Å²) < 4.78 is 5.33. The van der Waals surface area contributed by atoms with Crippen LogP contribution in [0.4, 0.5) is 0 Å². The van der Waals surface area contributed by atoms with Crippen LogP contribution in [-0.2, 0) is 0 Å². The van der Waals surface area contributed by atoms with E-state index in [4.69, 9.17) is 4.42 Å². The first kappa shape index (κ1) is 8.23. The van der Waals surface area contributed by atoms with E-state index in [0.29, 0.717) is 17.5 Å². The van der Waals surface area contributed by atoms with Crippen molar-refractivity contribution >= 4 is 11.2 Å². The molecule has 0 aliphatic rings. The van der Waals surface area contributed by atoms with E-state index in [0.717, 1.165) is 11.3 Å². The van der Waals surface area contributed by atoms with Crippen LogP contribution < -0.4 is 0 Å². The van der Waals surface area contributed by atoms with E-state index in [1.165, 1.54) is 0 Å². The molecule has 2 heterocycles. The van der Waals surface area contributed by atoms with E-state index in [-0.39, 0.29) is 0 Å². The van der Waals surface area contributed by atoms with Gasteiger partial charge in [0, 0.05) is 12.6 Å². The summed E-state index contributed by atoms with van der Waals surface area (Å²) in [6.07, 6.45) is 0. The SMILES string of the molecule is Cc1nc2nc(C(C)C)ccc2o1. The molecule has 0 radical (unpaired) electrons. The summed E-state index contributed by atoms with van der Waals surface area (Å²) in [6, 6.07) is 3.91. The maximum Gasteiger partial charge on any atom is 0.199 e. The van der Waals surface area contributed by atoms with Crippen LogP contribution in [0.5, 0.6) is 0 Å². The summed E-state index contributed by atoms with van der Waals surface area (Å²) in [6.45, 7) is 6.05. The number of rotatable bonds is 1. The van der Waals surface area contributed by atoms with E-state index < -0.39 is 0 Å². The summed E-state index contributed by atoms with van der Waals surface area (Å²) in [5, 5.41) is 0. The van der Waals surface area contributed by atoms with Gasteiger partial charge in [0.2, 0.25) is 0 Å². The third-order valence-electron chi connectivity index (χ3n) is 1.97. The Labute approximate surface area is 76.8 Å². The van der Waals surface area contributed by atoms with Crippen LogP contribution in [0.15, 0.2) is 16.5 Å². The number of aryl methyl sites for hydroxylation is 1. The molecule has 3 heteroatoms. The number of oxazole rings is 1. The number of pyridine rings is 1. The van der Waals surface area contributed by atoms with Crippen LogP contribution in [0.3, 0.4) is 0 Å². The monoisotopic (exact) mass is 176 g/mol. The lowest BCUT2D eigenvalue weighted by Crippen LogP contribution is -1.91. The molecular formula is C10H12N2O. The lowest BCUT2D eigenvalue weighted by molar-refractivity contribution is 0.561. The molecule has 0 atom stereocenters. The Balaban J connectivity index is 2.61. The second kappa shape index (κ2) is 2.83. The zero-order valence-corrected chi connectivity index (χ0v) is 8.03. The van der Waals surface area contributed by atoms with Gasteiger partial charge in [-0.1, -0.05) is 13.8 Å². The molecule has 2 aromatic rings. The molecule has 0 amide bonds. The zero-order chi connectivity index (χ0) is 9.42. The molecule has 0 spiro atoms. The van der Waals surface area contributed by atoms with Crippen molar-refractivity contribution in [3.63, 3.8) is 0 Å². The maximum atomic E-state index is 5.33. The third-order valence-corrected chi connectivity index (χ3v) is 1.97. The molecule has 0 saturated carbocycles. The molecule has 0 bridgehead atoms. The van der Waals surface area contributed by atoms with E-state index in [2.05, 4.69) is 23.8 Å². The van der Waals surface area contributed by atoms with Crippen molar-refractivity contribution in [1.29, 1.82) is 0 Å². The summed E-state index contributed by atoms with van der Waals surface area (Å²) in [5.74, 6) is 1.10. The molecule has 0 fully saturated rings. The maximum absolute atomic E-state index is 5.33. The molecule has 0 aromatic carbocycles. The molecule has 0 unspecified atom stereocenters. The van der Waals surface area contributed by atoms with Gasteiger partial charge in [-0.05, 0) is 18.1 Å². The van der Waals surface area contributed by atoms with E-state index in [1.807, 2.05) is 19.1 Å². The summed E-state index contributed by atoms with van der Waals surface area (Å²) in [4.78, 5) is 8.57. The Morgan fingerprint density at radius 3 is 2.69 bits per heavy atom. The molecule has 2 rings (SSSR count). The van der Waals surface area contributed by atoms with Gasteiger partial charge in [-0.3, -0.25) is 0 Å². The van der Waals surface area contributed by atoms with Crippen LogP contribution in [0.25, 0.3) is 11.2 Å². The van der Waals surface area contributed by atoms with Gasteiger partial charge < -0.3 is 4.42 Å². The van der Waals surface area contributed by atoms with Gasteiger partial charge >= 0.3 is 0 Å². The molecule has 0 aliphatic carbocycles. The van der Waals surface area contributed by atoms with E-state index in [9.17, 15) is 0 Å². The number of fused-ring (bicyclic) bond motifs is 1. The van der Waals surface area contributed by atoms with Crippen molar-refractivity contribution in [2.75, 3.05) is 0 Å². The first-order chi connectivity index (χ1) is 6.16. The van der Waals surface area contributed by atoms with Gasteiger partial charge in [-0.25, -0.2) is 4.98 Å². The minimum absolute atomic E-state index is 0.432. The highest BCUT2D eigenvalue weighted by Gasteiger charge is 2.06. The van der Waals surface area contributed by atoms with Crippen molar-refractivity contribution in [3.8, 4) is 0 Å². The van der Waals surface area contributed by atoms with Gasteiger partial charge in [0.25, 0.3) is 0 Å². The Bertz CT molecular complexity index is 431. The normalized spacial score (nSPS) is 11.4. The second-order valence-electron chi connectivity index (χ2n) is 3.45. The van der Waals surface area contributed by atoms with Crippen molar-refractivity contribution in [3.05, 3.63) is 23.7 Å². The van der Waals surface area contributed by atoms with Crippen molar-refractivity contribution < 1.29 is 4.42 Å². The highest BCUT2D eigenvalue weighted by molar-refractivity contribution is 5.67. The van der Waals surface area contributed by atoms with Crippen LogP contribution in [0, 0.1) is 6.92 Å². The first-order valence-corrected chi connectivity index (χ1v) is 4.41. The minimum atomic E-state index is 0.432. The van der Waals surface area contributed by atoms with Gasteiger partial charge in [-0.15, -0.1) is 0 Å². The highest BCUT2D eigenvalue weighted by atomic mass is 16.3. The van der Waals surface area contributed by atoms with Crippen LogP contribution in [0.1, 0.15) is 31.4 Å². The zero-order valence-electron chi connectivity index (χ0n) is 8.03. The number of hydrogen-bond acceptors (Lipinski definition) is 3. The lowest BCUT2D eigenvalue weighted by atomic mass is 10.1. The summed E-state index contributed by atoms with van der Waals surface area (Å²) >= 11 is 0. The Hall–Kier alpha value is -1.38. The average molecular weight is 176 g/mol. The van der Waals surface area contributed by atoms with E-state index >= 15 is 0 Å². The van der Waals surface area contributed by atoms with Gasteiger partial charge in [0.1, 0.15) is 0 Å². The molecule has 0 N–H and O–H groups in total. The fourth-order valence-corrected chi connectivity index (χ4v) is 1.26. The Morgan fingerprint density at radius 2 is 2.00 bits per heavy atom. The third kappa shape index (κ3) is 1.41. The van der Waals surface area contributed by atoms with Crippen molar-refractivity contribution in [1.82, 2.24) is 9.97 Å². The predicted molar refractivity (Wildman–Crippen MR) is 50.6 cm³/mol. The number of aromatic nitrogens is 2. The Kier molecular flexibility index (Phi) is 1.79. The van der Waals surface area contributed by atoms with E-state index in [1.54, 1.807) is 0 Å². The average Bonchev–Trinajstić information content (AvgIpc) is 2.42. The van der Waals surface area contributed by atoms with Gasteiger partial charge in [0.15, 0.2) is 17.1 Å². The quantitative estimate of drug-likeness (QED) is 0.670. The van der Waals surface area contributed by atoms with Gasteiger partial charge in [-0.2, -0.15) is 4.98 Å². The topological polar surface area (TPSA) is 38.9 Å². The van der Waals surface area contributed by atoms with Crippen LogP contribution in [-0.4, -0.2) is 9.97 Å². The molecule has 3 nitrogen and oxygen atoms in total. The number of hydrogen-bond donors (Lipinski definition) is 0. The predicted octanol–water partition coefficient (Wildman–Crippen LogP) is 2.65. The smallest absolute Gasteiger partial charge is 0.199 e. The standard InChI is InChI=1S/C10H12N2O/c1-6(2)8-4-5-9-10(12-8)11-7(3)13-9/h4-6H,1-3H3. The fraction of sp³-hybridized carbons (Fsp3) is 0.400. The Morgan fingerprint density at radius 1 is 1.23 bits per heavy atom.